The monoisotopic (exact) mass is 700 g/mol. The summed E-state index contributed by atoms with van der Waals surface area (Å²) < 4.78 is 19.3. The number of ether oxygens (including phenoxy) is 3. The summed E-state index contributed by atoms with van der Waals surface area (Å²) in [5, 5.41) is 0.599. The Kier molecular flexibility index (Phi) is 11.8. The molecular formula is C43H57ClN2O4. The van der Waals surface area contributed by atoms with Gasteiger partial charge in [-0.1, -0.05) is 41.9 Å². The quantitative estimate of drug-likeness (QED) is 0.147. The Morgan fingerprint density at radius 1 is 1.00 bits per heavy atom. The third kappa shape index (κ3) is 8.35. The highest BCUT2D eigenvalue weighted by Gasteiger charge is 2.32. The first-order valence-corrected chi connectivity index (χ1v) is 19.4. The molecule has 1 saturated carbocycles. The number of hydrogen-bond acceptors (Lipinski definition) is 6. The number of carbonyl (C=O) groups is 1. The Morgan fingerprint density at radius 2 is 1.80 bits per heavy atom. The van der Waals surface area contributed by atoms with Crippen molar-refractivity contribution in [2.45, 2.75) is 117 Å². The first-order valence-electron chi connectivity index (χ1n) is 19.0. The fourth-order valence-corrected chi connectivity index (χ4v) is 8.59. The van der Waals surface area contributed by atoms with Crippen molar-refractivity contribution in [3.63, 3.8) is 0 Å². The van der Waals surface area contributed by atoms with Crippen molar-refractivity contribution in [3.8, 4) is 28.4 Å². The van der Waals surface area contributed by atoms with Crippen molar-refractivity contribution in [1.82, 2.24) is 9.80 Å². The zero-order valence-corrected chi connectivity index (χ0v) is 31.9. The Labute approximate surface area is 305 Å². The van der Waals surface area contributed by atoms with Crippen molar-refractivity contribution in [2.24, 2.45) is 5.92 Å². The van der Waals surface area contributed by atoms with Gasteiger partial charge in [-0.2, -0.15) is 0 Å². The second-order valence-electron chi connectivity index (χ2n) is 15.5. The molecule has 0 radical (unpaired) electrons. The minimum atomic E-state index is -0.0931. The van der Waals surface area contributed by atoms with Gasteiger partial charge in [0.2, 0.25) is 0 Å². The van der Waals surface area contributed by atoms with E-state index >= 15 is 0 Å². The average molecular weight is 701 g/mol. The molecule has 2 aliphatic carbocycles. The molecule has 1 aliphatic heterocycles. The van der Waals surface area contributed by atoms with Gasteiger partial charge in [-0.25, -0.2) is 0 Å². The Bertz CT molecular complexity index is 1650. The van der Waals surface area contributed by atoms with Crippen LogP contribution in [0, 0.1) is 12.8 Å². The molecule has 3 aromatic rings. The van der Waals surface area contributed by atoms with Gasteiger partial charge in [0.1, 0.15) is 29.1 Å². The molecule has 6 rings (SSSR count). The van der Waals surface area contributed by atoms with E-state index in [9.17, 15) is 4.79 Å². The number of benzene rings is 3. The number of carbonyl (C=O) groups excluding carboxylic acids is 1. The van der Waals surface area contributed by atoms with Crippen molar-refractivity contribution < 1.29 is 19.0 Å². The SMILES string of the molecule is CCOc1cc(O[C@H]2CCc3c(-c4cccc(OCCCN5CCCC5(C)C)c4C)cccc32)c(Cl)cc1CN(C[C@H]1CCC(=O)C1)C(C)C. The molecular weight excluding hydrogens is 644 g/mol. The lowest BCUT2D eigenvalue weighted by molar-refractivity contribution is -0.117. The van der Waals surface area contributed by atoms with Gasteiger partial charge in [-0.05, 0) is 132 Å². The molecule has 0 spiro atoms. The summed E-state index contributed by atoms with van der Waals surface area (Å²) in [6.45, 7) is 18.5. The summed E-state index contributed by atoms with van der Waals surface area (Å²) in [6.07, 6.45) is 7.71. The summed E-state index contributed by atoms with van der Waals surface area (Å²) in [5.74, 6) is 3.24. The van der Waals surface area contributed by atoms with Crippen molar-refractivity contribution >= 4 is 17.4 Å². The summed E-state index contributed by atoms with van der Waals surface area (Å²) in [6, 6.07) is 17.4. The minimum absolute atomic E-state index is 0.0931. The average Bonchev–Trinajstić information content (AvgIpc) is 3.79. The molecule has 1 heterocycles. The molecule has 3 aromatic carbocycles. The number of nitrogens with zero attached hydrogens (tertiary/aromatic N) is 2. The van der Waals surface area contributed by atoms with Crippen LogP contribution in [0.2, 0.25) is 5.02 Å². The highest BCUT2D eigenvalue weighted by atomic mass is 35.5. The van der Waals surface area contributed by atoms with Gasteiger partial charge in [0.25, 0.3) is 0 Å². The van der Waals surface area contributed by atoms with Gasteiger partial charge in [-0.3, -0.25) is 14.6 Å². The highest BCUT2D eigenvalue weighted by molar-refractivity contribution is 6.32. The Morgan fingerprint density at radius 3 is 2.52 bits per heavy atom. The predicted molar refractivity (Wildman–Crippen MR) is 204 cm³/mol. The number of likely N-dealkylation sites (tertiary alicyclic amines) is 1. The van der Waals surface area contributed by atoms with Gasteiger partial charge in [0, 0.05) is 55.7 Å². The van der Waals surface area contributed by atoms with E-state index < -0.39 is 0 Å². The number of fused-ring (bicyclic) bond motifs is 1. The summed E-state index contributed by atoms with van der Waals surface area (Å²) >= 11 is 6.97. The van der Waals surface area contributed by atoms with E-state index in [0.29, 0.717) is 60.0 Å². The molecule has 0 bridgehead atoms. The first-order chi connectivity index (χ1) is 24.0. The molecule has 6 nitrogen and oxygen atoms in total. The normalized spacial score (nSPS) is 20.2. The van der Waals surface area contributed by atoms with Crippen LogP contribution < -0.4 is 14.2 Å². The van der Waals surface area contributed by atoms with Gasteiger partial charge < -0.3 is 14.2 Å². The molecule has 0 unspecified atom stereocenters. The lowest BCUT2D eigenvalue weighted by atomic mass is 9.93. The molecule has 0 aromatic heterocycles. The summed E-state index contributed by atoms with van der Waals surface area (Å²) in [7, 11) is 0. The number of hydrogen-bond donors (Lipinski definition) is 0. The van der Waals surface area contributed by atoms with Gasteiger partial charge in [0.15, 0.2) is 0 Å². The molecule has 2 atom stereocenters. The van der Waals surface area contributed by atoms with E-state index in [1.54, 1.807) is 0 Å². The van der Waals surface area contributed by atoms with Crippen LogP contribution in [0.15, 0.2) is 48.5 Å². The van der Waals surface area contributed by atoms with E-state index in [2.05, 4.69) is 80.8 Å². The zero-order valence-electron chi connectivity index (χ0n) is 31.2. The topological polar surface area (TPSA) is 51.2 Å². The zero-order chi connectivity index (χ0) is 35.4. The van der Waals surface area contributed by atoms with Crippen LogP contribution in [0.25, 0.3) is 11.1 Å². The lowest BCUT2D eigenvalue weighted by Crippen LogP contribution is -2.39. The Balaban J connectivity index is 1.16. The third-order valence-electron chi connectivity index (χ3n) is 11.3. The molecule has 0 amide bonds. The fourth-order valence-electron chi connectivity index (χ4n) is 8.36. The van der Waals surface area contributed by atoms with Gasteiger partial charge in [0.05, 0.1) is 18.2 Å². The number of rotatable bonds is 15. The second kappa shape index (κ2) is 16.1. The highest BCUT2D eigenvalue weighted by Crippen LogP contribution is 2.44. The van der Waals surface area contributed by atoms with E-state index in [1.807, 2.05) is 19.1 Å². The summed E-state index contributed by atoms with van der Waals surface area (Å²) in [5.41, 5.74) is 7.57. The fraction of sp³-hybridized carbons (Fsp3) is 0.558. The molecule has 1 saturated heterocycles. The second-order valence-corrected chi connectivity index (χ2v) is 16.0. The van der Waals surface area contributed by atoms with Crippen molar-refractivity contribution in [1.29, 1.82) is 0 Å². The van der Waals surface area contributed by atoms with Crippen LogP contribution in [0.5, 0.6) is 17.2 Å². The molecule has 2 fully saturated rings. The van der Waals surface area contributed by atoms with Crippen LogP contribution in [-0.2, 0) is 17.8 Å². The number of halogens is 1. The maximum absolute atomic E-state index is 11.9. The molecule has 0 N–H and O–H groups in total. The largest absolute Gasteiger partial charge is 0.493 e. The summed E-state index contributed by atoms with van der Waals surface area (Å²) in [4.78, 5) is 17.0. The van der Waals surface area contributed by atoms with Crippen LogP contribution in [0.3, 0.4) is 0 Å². The van der Waals surface area contributed by atoms with Crippen LogP contribution >= 0.6 is 11.6 Å². The van der Waals surface area contributed by atoms with Gasteiger partial charge >= 0.3 is 0 Å². The number of Topliss-reactive ketones (excluding diaryl/α,β-unsaturated/α-hetero) is 1. The molecule has 7 heteroatoms. The first kappa shape index (κ1) is 36.7. The third-order valence-corrected chi connectivity index (χ3v) is 11.6. The maximum atomic E-state index is 11.9. The predicted octanol–water partition coefficient (Wildman–Crippen LogP) is 10.0. The standard InChI is InChI=1S/C43H57ClN2O4/c1-7-48-41-26-42(38(44)25-32(41)28-45(29(2)3)27-31-16-17-33(47)24-31)50-40-19-18-36-35(13-8-14-37(36)40)34-12-9-15-39(30(34)4)49-23-11-22-46-21-10-20-43(46,5)6/h8-9,12-15,25-26,29,31,40H,7,10-11,16-24,27-28H2,1-6H3/t31-,40-/m0/s1. The van der Waals surface area contributed by atoms with E-state index in [1.165, 1.54) is 47.2 Å². The van der Waals surface area contributed by atoms with E-state index in [-0.39, 0.29) is 6.10 Å². The van der Waals surface area contributed by atoms with Crippen molar-refractivity contribution in [3.05, 3.63) is 75.8 Å². The Hall–Kier alpha value is -3.06. The smallest absolute Gasteiger partial charge is 0.142 e. The molecule has 50 heavy (non-hydrogen) atoms. The van der Waals surface area contributed by atoms with E-state index in [0.717, 1.165) is 62.4 Å². The van der Waals surface area contributed by atoms with Crippen LogP contribution in [-0.4, -0.2) is 60.0 Å². The minimum Gasteiger partial charge on any atom is -0.493 e. The van der Waals surface area contributed by atoms with Crippen LogP contribution in [0.1, 0.15) is 108 Å². The number of ketones is 1. The van der Waals surface area contributed by atoms with Crippen molar-refractivity contribution in [2.75, 3.05) is 32.8 Å². The van der Waals surface area contributed by atoms with E-state index in [4.69, 9.17) is 25.8 Å². The molecule has 270 valence electrons. The molecule has 3 aliphatic rings. The van der Waals surface area contributed by atoms with Gasteiger partial charge in [-0.15, -0.1) is 0 Å². The van der Waals surface area contributed by atoms with Crippen LogP contribution in [0.4, 0.5) is 0 Å². The maximum Gasteiger partial charge on any atom is 0.142 e. The lowest BCUT2D eigenvalue weighted by Gasteiger charge is -2.31.